The maximum Gasteiger partial charge on any atom is 0.271 e. The molecule has 2 amide bonds. The van der Waals surface area contributed by atoms with E-state index in [4.69, 9.17) is 0 Å². The van der Waals surface area contributed by atoms with Crippen molar-refractivity contribution < 1.29 is 9.59 Å². The molecule has 0 aliphatic heterocycles. The molecule has 0 fully saturated rings. The summed E-state index contributed by atoms with van der Waals surface area (Å²) in [5, 5.41) is 1.85. The number of aromatic amines is 1. The monoisotopic (exact) mass is 346 g/mol. The summed E-state index contributed by atoms with van der Waals surface area (Å²) in [6.45, 7) is 0. The zero-order valence-electron chi connectivity index (χ0n) is 14.2. The van der Waals surface area contributed by atoms with Crippen LogP contribution in [-0.4, -0.2) is 21.4 Å². The third-order valence-electron chi connectivity index (χ3n) is 4.48. The van der Waals surface area contributed by atoms with Gasteiger partial charge in [0.25, 0.3) is 5.91 Å². The Morgan fingerprint density at radius 3 is 2.58 bits per heavy atom. The van der Waals surface area contributed by atoms with E-state index in [1.807, 2.05) is 66.3 Å². The molecule has 130 valence electrons. The largest absolute Gasteiger partial charge is 0.361 e. The SMILES string of the molecule is Cn1cc(C(=O)NNC(=O)Cc2c[nH]c3ccccc23)c2ccccc21. The lowest BCUT2D eigenvalue weighted by molar-refractivity contribution is -0.121. The van der Waals surface area contributed by atoms with Crippen molar-refractivity contribution in [3.8, 4) is 0 Å². The van der Waals surface area contributed by atoms with Crippen LogP contribution in [0.1, 0.15) is 15.9 Å². The normalized spacial score (nSPS) is 11.0. The minimum absolute atomic E-state index is 0.180. The van der Waals surface area contributed by atoms with Crippen molar-refractivity contribution in [3.05, 3.63) is 72.1 Å². The Labute approximate surface area is 149 Å². The summed E-state index contributed by atoms with van der Waals surface area (Å²) in [4.78, 5) is 27.8. The molecule has 0 spiro atoms. The summed E-state index contributed by atoms with van der Waals surface area (Å²) < 4.78 is 1.89. The van der Waals surface area contributed by atoms with Crippen LogP contribution in [-0.2, 0) is 18.3 Å². The van der Waals surface area contributed by atoms with Crippen LogP contribution in [0.2, 0.25) is 0 Å². The van der Waals surface area contributed by atoms with Gasteiger partial charge in [0.2, 0.25) is 5.91 Å². The highest BCUT2D eigenvalue weighted by Crippen LogP contribution is 2.20. The number of hydrogen-bond acceptors (Lipinski definition) is 2. The van der Waals surface area contributed by atoms with E-state index < -0.39 is 0 Å². The van der Waals surface area contributed by atoms with E-state index in [2.05, 4.69) is 15.8 Å². The van der Waals surface area contributed by atoms with Crippen LogP contribution in [0.4, 0.5) is 0 Å². The van der Waals surface area contributed by atoms with E-state index in [0.717, 1.165) is 27.4 Å². The standard InChI is InChI=1S/C20H18N4O2/c1-24-12-16(15-7-3-5-9-18(15)24)20(26)23-22-19(25)10-13-11-21-17-8-4-2-6-14(13)17/h2-9,11-12,21H,10H2,1H3,(H,22,25)(H,23,26). The maximum absolute atomic E-state index is 12.4. The van der Waals surface area contributed by atoms with Gasteiger partial charge in [0.15, 0.2) is 0 Å². The first-order valence-corrected chi connectivity index (χ1v) is 8.32. The van der Waals surface area contributed by atoms with Gasteiger partial charge >= 0.3 is 0 Å². The second-order valence-corrected chi connectivity index (χ2v) is 6.21. The molecule has 0 unspecified atom stereocenters. The summed E-state index contributed by atoms with van der Waals surface area (Å²) in [5.74, 6) is -0.614. The molecule has 2 aromatic carbocycles. The predicted octanol–water partition coefficient (Wildman–Crippen LogP) is 2.66. The molecule has 0 saturated carbocycles. The summed E-state index contributed by atoms with van der Waals surface area (Å²) in [6.07, 6.45) is 3.75. The minimum Gasteiger partial charge on any atom is -0.361 e. The van der Waals surface area contributed by atoms with Crippen molar-refractivity contribution in [1.29, 1.82) is 0 Å². The summed E-state index contributed by atoms with van der Waals surface area (Å²) in [5.41, 5.74) is 8.35. The first kappa shape index (κ1) is 16.0. The van der Waals surface area contributed by atoms with Crippen molar-refractivity contribution in [2.75, 3.05) is 0 Å². The van der Waals surface area contributed by atoms with Gasteiger partial charge in [0.1, 0.15) is 0 Å². The predicted molar refractivity (Wildman–Crippen MR) is 101 cm³/mol. The summed E-state index contributed by atoms with van der Waals surface area (Å²) >= 11 is 0. The van der Waals surface area contributed by atoms with Gasteiger partial charge in [-0.15, -0.1) is 0 Å². The zero-order valence-corrected chi connectivity index (χ0v) is 14.2. The number of nitrogens with zero attached hydrogens (tertiary/aromatic N) is 1. The topological polar surface area (TPSA) is 78.9 Å². The van der Waals surface area contributed by atoms with E-state index in [1.54, 1.807) is 6.20 Å². The molecule has 0 saturated heterocycles. The number of hydrogen-bond donors (Lipinski definition) is 3. The molecule has 0 aliphatic carbocycles. The quantitative estimate of drug-likeness (QED) is 0.499. The number of aryl methyl sites for hydroxylation is 1. The maximum atomic E-state index is 12.4. The van der Waals surface area contributed by atoms with E-state index in [-0.39, 0.29) is 18.2 Å². The molecule has 2 aromatic heterocycles. The van der Waals surface area contributed by atoms with Crippen LogP contribution < -0.4 is 10.9 Å². The van der Waals surface area contributed by atoms with Gasteiger partial charge in [-0.05, 0) is 17.7 Å². The Morgan fingerprint density at radius 2 is 1.73 bits per heavy atom. The van der Waals surface area contributed by atoms with Crippen molar-refractivity contribution in [2.45, 2.75) is 6.42 Å². The number of nitrogens with one attached hydrogen (secondary N) is 3. The molecule has 4 rings (SSSR count). The average Bonchev–Trinajstić information content (AvgIpc) is 3.22. The van der Waals surface area contributed by atoms with Crippen LogP contribution in [0.25, 0.3) is 21.8 Å². The highest BCUT2D eigenvalue weighted by molar-refractivity contribution is 6.07. The number of hydrazine groups is 1. The highest BCUT2D eigenvalue weighted by atomic mass is 16.2. The Hall–Kier alpha value is -3.54. The van der Waals surface area contributed by atoms with Gasteiger partial charge in [0.05, 0.1) is 12.0 Å². The third-order valence-corrected chi connectivity index (χ3v) is 4.48. The van der Waals surface area contributed by atoms with Gasteiger partial charge in [-0.1, -0.05) is 36.4 Å². The molecule has 0 radical (unpaired) electrons. The lowest BCUT2D eigenvalue weighted by Crippen LogP contribution is -2.42. The number of amides is 2. The van der Waals surface area contributed by atoms with E-state index in [9.17, 15) is 9.59 Å². The average molecular weight is 346 g/mol. The number of H-pyrrole nitrogens is 1. The number of carbonyl (C=O) groups excluding carboxylic acids is 2. The molecule has 6 nitrogen and oxygen atoms in total. The molecule has 26 heavy (non-hydrogen) atoms. The number of para-hydroxylation sites is 2. The number of benzene rings is 2. The molecule has 4 aromatic rings. The molecule has 2 heterocycles. The minimum atomic E-state index is -0.339. The van der Waals surface area contributed by atoms with Gasteiger partial charge in [-0.3, -0.25) is 20.4 Å². The zero-order chi connectivity index (χ0) is 18.1. The van der Waals surface area contributed by atoms with Crippen LogP contribution in [0.5, 0.6) is 0 Å². The Kier molecular flexibility index (Phi) is 3.93. The second kappa shape index (κ2) is 6.40. The van der Waals surface area contributed by atoms with Crippen LogP contribution >= 0.6 is 0 Å². The molecule has 0 atom stereocenters. The van der Waals surface area contributed by atoms with Gasteiger partial charge in [-0.25, -0.2) is 0 Å². The highest BCUT2D eigenvalue weighted by Gasteiger charge is 2.15. The molecule has 6 heteroatoms. The fraction of sp³-hybridized carbons (Fsp3) is 0.100. The number of aromatic nitrogens is 2. The fourth-order valence-electron chi connectivity index (χ4n) is 3.21. The van der Waals surface area contributed by atoms with Crippen molar-refractivity contribution in [1.82, 2.24) is 20.4 Å². The van der Waals surface area contributed by atoms with Crippen molar-refractivity contribution >= 4 is 33.6 Å². The van der Waals surface area contributed by atoms with Gasteiger partial charge < -0.3 is 9.55 Å². The molecule has 0 aliphatic rings. The Bertz CT molecular complexity index is 1120. The van der Waals surface area contributed by atoms with E-state index in [1.165, 1.54) is 0 Å². The van der Waals surface area contributed by atoms with Crippen molar-refractivity contribution in [3.63, 3.8) is 0 Å². The number of fused-ring (bicyclic) bond motifs is 2. The Balaban J connectivity index is 1.45. The molecule has 3 N–H and O–H groups in total. The lowest BCUT2D eigenvalue weighted by Gasteiger charge is -2.06. The lowest BCUT2D eigenvalue weighted by atomic mass is 10.1. The summed E-state index contributed by atoms with van der Waals surface area (Å²) in [6, 6.07) is 15.4. The van der Waals surface area contributed by atoms with Crippen LogP contribution in [0, 0.1) is 0 Å². The smallest absolute Gasteiger partial charge is 0.271 e. The van der Waals surface area contributed by atoms with Crippen molar-refractivity contribution in [2.24, 2.45) is 7.05 Å². The van der Waals surface area contributed by atoms with E-state index >= 15 is 0 Å². The third kappa shape index (κ3) is 2.82. The van der Waals surface area contributed by atoms with Gasteiger partial charge in [0, 0.05) is 41.2 Å². The number of carbonyl (C=O) groups is 2. The number of rotatable bonds is 3. The molecule has 0 bridgehead atoms. The Morgan fingerprint density at radius 1 is 1.00 bits per heavy atom. The van der Waals surface area contributed by atoms with Crippen LogP contribution in [0.15, 0.2) is 60.9 Å². The van der Waals surface area contributed by atoms with E-state index in [0.29, 0.717) is 5.56 Å². The summed E-state index contributed by atoms with van der Waals surface area (Å²) in [7, 11) is 1.88. The first-order chi connectivity index (χ1) is 12.6. The fourth-order valence-corrected chi connectivity index (χ4v) is 3.21. The molecular formula is C20H18N4O2. The second-order valence-electron chi connectivity index (χ2n) is 6.21. The van der Waals surface area contributed by atoms with Crippen LogP contribution in [0.3, 0.4) is 0 Å². The molecular weight excluding hydrogens is 328 g/mol. The first-order valence-electron chi connectivity index (χ1n) is 8.32. The van der Waals surface area contributed by atoms with Gasteiger partial charge in [-0.2, -0.15) is 0 Å².